The van der Waals surface area contributed by atoms with Gasteiger partial charge in [0.05, 0.1) is 17.5 Å². The van der Waals surface area contributed by atoms with Crippen LogP contribution in [0.2, 0.25) is 0 Å². The van der Waals surface area contributed by atoms with E-state index < -0.39 is 10.0 Å². The van der Waals surface area contributed by atoms with Gasteiger partial charge in [0.15, 0.2) is 5.96 Å². The molecule has 9 heteroatoms. The zero-order valence-corrected chi connectivity index (χ0v) is 20.2. The summed E-state index contributed by atoms with van der Waals surface area (Å²) in [5.41, 5.74) is 0.979. The summed E-state index contributed by atoms with van der Waals surface area (Å²) < 4.78 is 32.7. The predicted molar refractivity (Wildman–Crippen MR) is 126 cm³/mol. The first-order valence-corrected chi connectivity index (χ1v) is 11.8. The van der Waals surface area contributed by atoms with E-state index in [0.717, 1.165) is 63.3 Å². The van der Waals surface area contributed by atoms with E-state index in [9.17, 15) is 8.42 Å². The first-order chi connectivity index (χ1) is 13.6. The van der Waals surface area contributed by atoms with Crippen molar-refractivity contribution in [1.82, 2.24) is 14.9 Å². The molecule has 2 heterocycles. The van der Waals surface area contributed by atoms with E-state index in [1.165, 1.54) is 0 Å². The molecule has 2 aliphatic heterocycles. The molecular formula is C20H33IN4O3S. The number of halogens is 1. The highest BCUT2D eigenvalue weighted by atomic mass is 127. The summed E-state index contributed by atoms with van der Waals surface area (Å²) in [5.74, 6) is 0.753. The fraction of sp³-hybridized carbons (Fsp3) is 0.650. The van der Waals surface area contributed by atoms with Crippen molar-refractivity contribution in [1.29, 1.82) is 0 Å². The fourth-order valence-corrected chi connectivity index (χ4v) is 5.07. The number of benzene rings is 1. The Morgan fingerprint density at radius 2 is 1.86 bits per heavy atom. The molecule has 0 amide bonds. The molecule has 29 heavy (non-hydrogen) atoms. The van der Waals surface area contributed by atoms with Crippen LogP contribution in [0.15, 0.2) is 34.2 Å². The van der Waals surface area contributed by atoms with E-state index in [2.05, 4.69) is 15.6 Å². The number of hydrogen-bond donors (Lipinski definition) is 2. The Kier molecular flexibility index (Phi) is 10.1. The van der Waals surface area contributed by atoms with Crippen molar-refractivity contribution in [3.05, 3.63) is 29.8 Å². The normalized spacial score (nSPS) is 20.9. The van der Waals surface area contributed by atoms with Gasteiger partial charge >= 0.3 is 0 Å². The molecule has 0 bridgehead atoms. The number of rotatable bonds is 7. The van der Waals surface area contributed by atoms with Gasteiger partial charge in [-0.1, -0.05) is 18.6 Å². The van der Waals surface area contributed by atoms with Crippen LogP contribution in [0.4, 0.5) is 0 Å². The van der Waals surface area contributed by atoms with Gasteiger partial charge in [-0.25, -0.2) is 13.4 Å². The predicted octanol–water partition coefficient (Wildman–Crippen LogP) is 2.71. The molecule has 2 fully saturated rings. The highest BCUT2D eigenvalue weighted by molar-refractivity contribution is 14.0. The summed E-state index contributed by atoms with van der Waals surface area (Å²) in [5, 5.41) is 6.56. The van der Waals surface area contributed by atoms with Crippen molar-refractivity contribution in [3.63, 3.8) is 0 Å². The number of guanidine groups is 1. The average molecular weight is 536 g/mol. The Morgan fingerprint density at radius 3 is 2.48 bits per heavy atom. The zero-order chi connectivity index (χ0) is 19.8. The van der Waals surface area contributed by atoms with Crippen LogP contribution in [-0.2, 0) is 21.3 Å². The maximum Gasteiger partial charge on any atom is 0.243 e. The second-order valence-corrected chi connectivity index (χ2v) is 9.26. The SMILES string of the molecule is CCNC(=NCc1ccc(S(=O)(=O)N2CCCCC2)cc1)NCC1CCCO1.I. The number of nitrogens with one attached hydrogen (secondary N) is 2. The summed E-state index contributed by atoms with van der Waals surface area (Å²) >= 11 is 0. The third-order valence-corrected chi connectivity index (χ3v) is 7.07. The number of hydrogen-bond acceptors (Lipinski definition) is 4. The molecule has 1 unspecified atom stereocenters. The van der Waals surface area contributed by atoms with Crippen LogP contribution in [-0.4, -0.2) is 57.6 Å². The van der Waals surface area contributed by atoms with Crippen LogP contribution in [0, 0.1) is 0 Å². The van der Waals surface area contributed by atoms with Crippen molar-refractivity contribution in [3.8, 4) is 0 Å². The van der Waals surface area contributed by atoms with E-state index >= 15 is 0 Å². The minimum Gasteiger partial charge on any atom is -0.376 e. The summed E-state index contributed by atoms with van der Waals surface area (Å²) in [6.07, 6.45) is 5.45. The standard InChI is InChI=1S/C20H32N4O3S.HI/c1-2-21-20(23-16-18-7-6-14-27-18)22-15-17-8-10-19(11-9-17)28(25,26)24-12-4-3-5-13-24;/h8-11,18H,2-7,12-16H2,1H3,(H2,21,22,23);1H. The molecule has 1 aromatic rings. The monoisotopic (exact) mass is 536 g/mol. The molecule has 0 radical (unpaired) electrons. The Bertz CT molecular complexity index is 743. The molecule has 1 atom stereocenters. The van der Waals surface area contributed by atoms with E-state index in [1.54, 1.807) is 16.4 Å². The van der Waals surface area contributed by atoms with Gasteiger partial charge < -0.3 is 15.4 Å². The van der Waals surface area contributed by atoms with Gasteiger partial charge in [0.1, 0.15) is 0 Å². The zero-order valence-electron chi connectivity index (χ0n) is 17.1. The van der Waals surface area contributed by atoms with Crippen LogP contribution in [0.25, 0.3) is 0 Å². The lowest BCUT2D eigenvalue weighted by Gasteiger charge is -2.25. The largest absolute Gasteiger partial charge is 0.376 e. The quantitative estimate of drug-likeness (QED) is 0.318. The first kappa shape index (κ1) is 24.4. The Balaban J connectivity index is 0.00000300. The molecule has 0 aromatic heterocycles. The first-order valence-electron chi connectivity index (χ1n) is 10.3. The van der Waals surface area contributed by atoms with Crippen molar-refractivity contribution in [2.45, 2.75) is 56.6 Å². The van der Waals surface area contributed by atoms with Gasteiger partial charge in [-0.2, -0.15) is 4.31 Å². The second kappa shape index (κ2) is 12.1. The molecule has 1 aromatic carbocycles. The average Bonchev–Trinajstić information content (AvgIpc) is 3.25. The smallest absolute Gasteiger partial charge is 0.243 e. The number of piperidine rings is 1. The summed E-state index contributed by atoms with van der Waals surface area (Å²) in [6.45, 7) is 6.14. The molecule has 0 spiro atoms. The fourth-order valence-electron chi connectivity index (χ4n) is 3.55. The highest BCUT2D eigenvalue weighted by Gasteiger charge is 2.25. The topological polar surface area (TPSA) is 83.0 Å². The van der Waals surface area contributed by atoms with Gasteiger partial charge in [-0.15, -0.1) is 24.0 Å². The van der Waals surface area contributed by atoms with Gasteiger partial charge in [-0.3, -0.25) is 0 Å². The van der Waals surface area contributed by atoms with Crippen molar-refractivity contribution < 1.29 is 13.2 Å². The molecule has 0 aliphatic carbocycles. The van der Waals surface area contributed by atoms with E-state index in [-0.39, 0.29) is 30.1 Å². The number of sulfonamides is 1. The molecule has 2 aliphatic rings. The van der Waals surface area contributed by atoms with Crippen molar-refractivity contribution in [2.24, 2.45) is 4.99 Å². The summed E-state index contributed by atoms with van der Waals surface area (Å²) in [4.78, 5) is 4.97. The Hall–Kier alpha value is -0.910. The van der Waals surface area contributed by atoms with E-state index in [1.807, 2.05) is 19.1 Å². The number of ether oxygens (including phenoxy) is 1. The Labute approximate surface area is 191 Å². The second-order valence-electron chi connectivity index (χ2n) is 7.32. The highest BCUT2D eigenvalue weighted by Crippen LogP contribution is 2.21. The van der Waals surface area contributed by atoms with Crippen LogP contribution in [0.3, 0.4) is 0 Å². The van der Waals surface area contributed by atoms with Crippen LogP contribution >= 0.6 is 24.0 Å². The Morgan fingerprint density at radius 1 is 1.14 bits per heavy atom. The van der Waals surface area contributed by atoms with Crippen molar-refractivity contribution in [2.75, 3.05) is 32.8 Å². The van der Waals surface area contributed by atoms with Crippen LogP contribution in [0.5, 0.6) is 0 Å². The van der Waals surface area contributed by atoms with E-state index in [0.29, 0.717) is 24.5 Å². The molecule has 164 valence electrons. The van der Waals surface area contributed by atoms with Crippen molar-refractivity contribution >= 4 is 40.0 Å². The lowest BCUT2D eigenvalue weighted by molar-refractivity contribution is 0.114. The molecule has 0 saturated carbocycles. The van der Waals surface area contributed by atoms with Crippen LogP contribution < -0.4 is 10.6 Å². The molecule has 3 rings (SSSR count). The molecular weight excluding hydrogens is 503 g/mol. The minimum atomic E-state index is -3.38. The third kappa shape index (κ3) is 7.08. The van der Waals surface area contributed by atoms with Crippen LogP contribution in [0.1, 0.15) is 44.6 Å². The summed E-state index contributed by atoms with van der Waals surface area (Å²) in [6, 6.07) is 7.09. The van der Waals surface area contributed by atoms with Gasteiger partial charge in [-0.05, 0) is 50.3 Å². The third-order valence-electron chi connectivity index (χ3n) is 5.16. The summed E-state index contributed by atoms with van der Waals surface area (Å²) in [7, 11) is -3.38. The minimum absolute atomic E-state index is 0. The maximum atomic E-state index is 12.7. The molecule has 2 saturated heterocycles. The molecule has 2 N–H and O–H groups in total. The van der Waals surface area contributed by atoms with Gasteiger partial charge in [0, 0.05) is 32.8 Å². The lowest BCUT2D eigenvalue weighted by atomic mass is 10.2. The number of aliphatic imine (C=N–C) groups is 1. The molecule has 7 nitrogen and oxygen atoms in total. The van der Waals surface area contributed by atoms with Gasteiger partial charge in [0.2, 0.25) is 10.0 Å². The lowest BCUT2D eigenvalue weighted by Crippen LogP contribution is -2.41. The number of nitrogens with zero attached hydrogens (tertiary/aromatic N) is 2. The van der Waals surface area contributed by atoms with E-state index in [4.69, 9.17) is 4.74 Å². The van der Waals surface area contributed by atoms with Gasteiger partial charge in [0.25, 0.3) is 0 Å². The maximum absolute atomic E-state index is 12.7.